The van der Waals surface area contributed by atoms with Crippen molar-refractivity contribution in [1.29, 1.82) is 0 Å². The first-order valence-corrected chi connectivity index (χ1v) is 7.44. The summed E-state index contributed by atoms with van der Waals surface area (Å²) in [6.45, 7) is 7.22. The van der Waals surface area contributed by atoms with Crippen molar-refractivity contribution in [2.75, 3.05) is 37.4 Å². The Bertz CT molecular complexity index is 520. The van der Waals surface area contributed by atoms with Gasteiger partial charge < -0.3 is 15.8 Å². The zero-order valence-electron chi connectivity index (χ0n) is 12.5. The number of nitrogens with zero attached hydrogens (tertiary/aromatic N) is 1. The van der Waals surface area contributed by atoms with Gasteiger partial charge in [-0.05, 0) is 32.0 Å². The quantitative estimate of drug-likeness (QED) is 0.838. The van der Waals surface area contributed by atoms with Gasteiger partial charge in [-0.15, -0.1) is 0 Å². The van der Waals surface area contributed by atoms with Crippen LogP contribution in [0.4, 0.5) is 11.4 Å². The van der Waals surface area contributed by atoms with E-state index in [-0.39, 0.29) is 11.4 Å². The molecule has 116 valence electrons. The smallest absolute Gasteiger partial charge is 0.225 e. The fraction of sp³-hybridized carbons (Fsp3) is 0.533. The average Bonchev–Trinajstić information content (AvgIpc) is 2.40. The van der Waals surface area contributed by atoms with Crippen molar-refractivity contribution in [3.8, 4) is 0 Å². The van der Waals surface area contributed by atoms with Gasteiger partial charge in [-0.1, -0.05) is 11.6 Å². The zero-order valence-corrected chi connectivity index (χ0v) is 13.2. The first-order valence-electron chi connectivity index (χ1n) is 7.06. The number of amides is 1. The molecule has 1 aromatic rings. The molecule has 0 aromatic heterocycles. The largest absolute Gasteiger partial charge is 0.399 e. The van der Waals surface area contributed by atoms with Gasteiger partial charge >= 0.3 is 0 Å². The SMILES string of the molecule is CC1(C)COCCN1CCC(=O)Nc1ccc(N)cc1Cl. The van der Waals surface area contributed by atoms with Crippen LogP contribution in [-0.4, -0.2) is 42.6 Å². The van der Waals surface area contributed by atoms with Gasteiger partial charge in [-0.2, -0.15) is 0 Å². The highest BCUT2D eigenvalue weighted by molar-refractivity contribution is 6.34. The molecule has 0 aliphatic carbocycles. The van der Waals surface area contributed by atoms with E-state index in [4.69, 9.17) is 22.1 Å². The molecule has 0 unspecified atom stereocenters. The second-order valence-corrected chi connectivity index (χ2v) is 6.30. The lowest BCUT2D eigenvalue weighted by Gasteiger charge is -2.42. The van der Waals surface area contributed by atoms with Gasteiger partial charge in [0, 0.05) is 30.7 Å². The third kappa shape index (κ3) is 4.33. The molecule has 1 aromatic carbocycles. The average molecular weight is 312 g/mol. The van der Waals surface area contributed by atoms with Crippen LogP contribution in [0.5, 0.6) is 0 Å². The van der Waals surface area contributed by atoms with Crippen LogP contribution >= 0.6 is 11.6 Å². The Hall–Kier alpha value is -1.30. The van der Waals surface area contributed by atoms with E-state index < -0.39 is 0 Å². The Labute approximate surface area is 130 Å². The molecule has 0 bridgehead atoms. The van der Waals surface area contributed by atoms with Crippen LogP contribution in [0.25, 0.3) is 0 Å². The molecule has 21 heavy (non-hydrogen) atoms. The summed E-state index contributed by atoms with van der Waals surface area (Å²) in [6, 6.07) is 5.06. The van der Waals surface area contributed by atoms with Crippen molar-refractivity contribution in [1.82, 2.24) is 4.90 Å². The van der Waals surface area contributed by atoms with E-state index in [1.807, 2.05) is 0 Å². The van der Waals surface area contributed by atoms with Crippen LogP contribution in [0.2, 0.25) is 5.02 Å². The summed E-state index contributed by atoms with van der Waals surface area (Å²) in [5.41, 5.74) is 6.77. The molecule has 5 nitrogen and oxygen atoms in total. The Morgan fingerprint density at radius 2 is 2.29 bits per heavy atom. The Morgan fingerprint density at radius 3 is 2.95 bits per heavy atom. The molecule has 3 N–H and O–H groups in total. The molecule has 6 heteroatoms. The van der Waals surface area contributed by atoms with E-state index in [1.54, 1.807) is 18.2 Å². The summed E-state index contributed by atoms with van der Waals surface area (Å²) in [5, 5.41) is 3.27. The minimum Gasteiger partial charge on any atom is -0.399 e. The molecule has 1 saturated heterocycles. The van der Waals surface area contributed by atoms with Gasteiger partial charge in [0.15, 0.2) is 0 Å². The number of carbonyl (C=O) groups is 1. The van der Waals surface area contributed by atoms with Crippen LogP contribution in [0.1, 0.15) is 20.3 Å². The van der Waals surface area contributed by atoms with Crippen LogP contribution < -0.4 is 11.1 Å². The number of halogens is 1. The lowest BCUT2D eigenvalue weighted by molar-refractivity contribution is -0.117. The summed E-state index contributed by atoms with van der Waals surface area (Å²) in [6.07, 6.45) is 0.421. The molecule has 0 saturated carbocycles. The maximum atomic E-state index is 12.0. The van der Waals surface area contributed by atoms with Gasteiger partial charge in [0.05, 0.1) is 23.9 Å². The zero-order chi connectivity index (χ0) is 15.5. The molecular weight excluding hydrogens is 290 g/mol. The van der Waals surface area contributed by atoms with E-state index in [2.05, 4.69) is 24.1 Å². The number of morpholine rings is 1. The fourth-order valence-corrected chi connectivity index (χ4v) is 2.62. The lowest BCUT2D eigenvalue weighted by Crippen LogP contribution is -2.53. The summed E-state index contributed by atoms with van der Waals surface area (Å²) in [7, 11) is 0. The van der Waals surface area contributed by atoms with Gasteiger partial charge in [0.25, 0.3) is 0 Å². The second kappa shape index (κ2) is 6.64. The van der Waals surface area contributed by atoms with Gasteiger partial charge in [-0.3, -0.25) is 9.69 Å². The predicted molar refractivity (Wildman–Crippen MR) is 85.6 cm³/mol. The van der Waals surface area contributed by atoms with Crippen molar-refractivity contribution < 1.29 is 9.53 Å². The van der Waals surface area contributed by atoms with Gasteiger partial charge in [0.1, 0.15) is 0 Å². The number of nitrogen functional groups attached to an aromatic ring is 1. The van der Waals surface area contributed by atoms with Crippen molar-refractivity contribution in [2.45, 2.75) is 25.8 Å². The maximum Gasteiger partial charge on any atom is 0.225 e. The molecule has 1 heterocycles. The molecule has 1 fully saturated rings. The molecule has 0 radical (unpaired) electrons. The molecule has 0 spiro atoms. The van der Waals surface area contributed by atoms with E-state index in [9.17, 15) is 4.79 Å². The second-order valence-electron chi connectivity index (χ2n) is 5.89. The Morgan fingerprint density at radius 1 is 1.52 bits per heavy atom. The first-order chi connectivity index (χ1) is 9.88. The molecule has 1 aliphatic heterocycles. The Kier molecular flexibility index (Phi) is 5.08. The number of benzene rings is 1. The Balaban J connectivity index is 1.87. The normalized spacial score (nSPS) is 18.4. The number of ether oxygens (including phenoxy) is 1. The van der Waals surface area contributed by atoms with E-state index in [1.165, 1.54) is 0 Å². The van der Waals surface area contributed by atoms with Crippen molar-refractivity contribution in [2.24, 2.45) is 0 Å². The number of nitrogens with one attached hydrogen (secondary N) is 1. The first kappa shape index (κ1) is 16.1. The van der Waals surface area contributed by atoms with Gasteiger partial charge in [-0.25, -0.2) is 0 Å². The predicted octanol–water partition coefficient (Wildman–Crippen LogP) is 2.36. The number of nitrogens with two attached hydrogens (primary N) is 1. The van der Waals surface area contributed by atoms with Crippen LogP contribution in [0, 0.1) is 0 Å². The van der Waals surface area contributed by atoms with E-state index >= 15 is 0 Å². The topological polar surface area (TPSA) is 67.6 Å². The molecular formula is C15H22ClN3O2. The minimum atomic E-state index is -0.0519. The lowest BCUT2D eigenvalue weighted by atomic mass is 10.0. The molecule has 1 amide bonds. The van der Waals surface area contributed by atoms with Crippen molar-refractivity contribution in [3.63, 3.8) is 0 Å². The molecule has 2 rings (SSSR count). The number of hydrogen-bond donors (Lipinski definition) is 2. The maximum absolute atomic E-state index is 12.0. The standard InChI is InChI=1S/C15H22ClN3O2/c1-15(2)10-21-8-7-19(15)6-5-14(20)18-13-4-3-11(17)9-12(13)16/h3-4,9H,5-8,10,17H2,1-2H3,(H,18,20). The van der Waals surface area contributed by atoms with Crippen molar-refractivity contribution >= 4 is 28.9 Å². The highest BCUT2D eigenvalue weighted by Gasteiger charge is 2.30. The van der Waals surface area contributed by atoms with Crippen LogP contribution in [-0.2, 0) is 9.53 Å². The van der Waals surface area contributed by atoms with Gasteiger partial charge in [0.2, 0.25) is 5.91 Å². The third-order valence-electron chi connectivity index (χ3n) is 3.69. The third-order valence-corrected chi connectivity index (χ3v) is 4.01. The molecule has 1 aliphatic rings. The number of rotatable bonds is 4. The van der Waals surface area contributed by atoms with E-state index in [0.29, 0.717) is 36.0 Å². The molecule has 0 atom stereocenters. The number of hydrogen-bond acceptors (Lipinski definition) is 4. The summed E-state index contributed by atoms with van der Waals surface area (Å²) in [4.78, 5) is 14.3. The summed E-state index contributed by atoms with van der Waals surface area (Å²) in [5.74, 6) is -0.0519. The highest BCUT2D eigenvalue weighted by Crippen LogP contribution is 2.24. The summed E-state index contributed by atoms with van der Waals surface area (Å²) < 4.78 is 5.47. The van der Waals surface area contributed by atoms with E-state index in [0.717, 1.165) is 13.2 Å². The number of anilines is 2. The van der Waals surface area contributed by atoms with Crippen molar-refractivity contribution in [3.05, 3.63) is 23.2 Å². The fourth-order valence-electron chi connectivity index (χ4n) is 2.39. The van der Waals surface area contributed by atoms with Crippen LogP contribution in [0.3, 0.4) is 0 Å². The highest BCUT2D eigenvalue weighted by atomic mass is 35.5. The van der Waals surface area contributed by atoms with Crippen LogP contribution in [0.15, 0.2) is 18.2 Å². The summed E-state index contributed by atoms with van der Waals surface area (Å²) >= 11 is 6.05. The minimum absolute atomic E-state index is 0.0304. The number of carbonyl (C=O) groups excluding carboxylic acids is 1. The monoisotopic (exact) mass is 311 g/mol.